The number of thiol groups is 1. The molecule has 1 heterocycles. The molecule has 1 radical (unpaired) electrons. The fourth-order valence-electron chi connectivity index (χ4n) is 1.20. The highest BCUT2D eigenvalue weighted by Gasteiger charge is 2.23. The van der Waals surface area contributed by atoms with E-state index in [1.54, 1.807) is 7.55 Å². The molecule has 0 unspecified atom stereocenters. The Balaban J connectivity index is 2.34. The molecule has 0 amide bonds. The monoisotopic (exact) mass is 157 g/mol. The molecule has 1 fully saturated rings. The highest BCUT2D eigenvalue weighted by Crippen LogP contribution is 2.12. The predicted octanol–water partition coefficient (Wildman–Crippen LogP) is -0.382. The lowest BCUT2D eigenvalue weighted by molar-refractivity contribution is -0.110. The van der Waals surface area contributed by atoms with Crippen molar-refractivity contribution in [2.75, 3.05) is 6.54 Å². The van der Waals surface area contributed by atoms with Gasteiger partial charge >= 0.3 is 7.55 Å². The van der Waals surface area contributed by atoms with Crippen LogP contribution in [0.5, 0.6) is 0 Å². The van der Waals surface area contributed by atoms with Gasteiger partial charge in [0.2, 0.25) is 0 Å². The average molecular weight is 157 g/mol. The average Bonchev–Trinajstić information content (AvgIpc) is 2.36. The van der Waals surface area contributed by atoms with Crippen LogP contribution in [0.15, 0.2) is 0 Å². The van der Waals surface area contributed by atoms with Crippen LogP contribution in [0.3, 0.4) is 0 Å². The number of hydrogen-bond acceptors (Lipinski definition) is 4. The van der Waals surface area contributed by atoms with Gasteiger partial charge < -0.3 is 9.61 Å². The molecule has 3 nitrogen and oxygen atoms in total. The number of aldehydes is 1. The lowest BCUT2D eigenvalue weighted by atomic mass is 10.1. The van der Waals surface area contributed by atoms with Crippen molar-refractivity contribution < 1.29 is 4.79 Å². The highest BCUT2D eigenvalue weighted by molar-refractivity contribution is 7.79. The molecule has 1 atom stereocenters. The van der Waals surface area contributed by atoms with Gasteiger partial charge in [0.25, 0.3) is 0 Å². The minimum Gasteiger partial charge on any atom is -0.323 e. The van der Waals surface area contributed by atoms with Crippen molar-refractivity contribution in [3.8, 4) is 0 Å². The maximum absolute atomic E-state index is 10.4. The SMILES string of the molecule is O=C[C@@H]1CCCN1[B]NS. The molecule has 5 heteroatoms. The van der Waals surface area contributed by atoms with Crippen LogP contribution in [-0.2, 0) is 4.79 Å². The zero-order chi connectivity index (χ0) is 7.40. The van der Waals surface area contributed by atoms with E-state index in [9.17, 15) is 4.79 Å². The van der Waals surface area contributed by atoms with Gasteiger partial charge in [-0.25, -0.2) is 0 Å². The minimum atomic E-state index is 0.0691. The van der Waals surface area contributed by atoms with Crippen molar-refractivity contribution in [2.45, 2.75) is 18.9 Å². The first kappa shape index (κ1) is 8.10. The van der Waals surface area contributed by atoms with Gasteiger partial charge in [-0.1, -0.05) is 0 Å². The largest absolute Gasteiger partial charge is 0.323 e. The van der Waals surface area contributed by atoms with E-state index in [0.717, 1.165) is 25.7 Å². The van der Waals surface area contributed by atoms with Crippen LogP contribution in [0.25, 0.3) is 0 Å². The number of carbonyl (C=O) groups excluding carboxylic acids is 1. The topological polar surface area (TPSA) is 32.3 Å². The second kappa shape index (κ2) is 4.00. The summed E-state index contributed by atoms with van der Waals surface area (Å²) in [5.41, 5.74) is 0. The summed E-state index contributed by atoms with van der Waals surface area (Å²) >= 11 is 3.81. The maximum Gasteiger partial charge on any atom is 0.321 e. The van der Waals surface area contributed by atoms with E-state index in [0.29, 0.717) is 0 Å². The van der Waals surface area contributed by atoms with Gasteiger partial charge in [0, 0.05) is 0 Å². The van der Waals surface area contributed by atoms with Crippen LogP contribution in [0.4, 0.5) is 0 Å². The molecule has 55 valence electrons. The van der Waals surface area contributed by atoms with Gasteiger partial charge in [-0.3, -0.25) is 4.63 Å². The summed E-state index contributed by atoms with van der Waals surface area (Å²) in [6.07, 6.45) is 3.04. The van der Waals surface area contributed by atoms with Crippen molar-refractivity contribution in [3.63, 3.8) is 0 Å². The number of carbonyl (C=O) groups is 1. The molecule has 1 N–H and O–H groups in total. The van der Waals surface area contributed by atoms with E-state index in [2.05, 4.69) is 17.4 Å². The molecule has 1 aliphatic rings. The zero-order valence-corrected chi connectivity index (χ0v) is 6.55. The fourth-order valence-corrected chi connectivity index (χ4v) is 1.34. The molecule has 1 aliphatic heterocycles. The minimum absolute atomic E-state index is 0.0691. The van der Waals surface area contributed by atoms with Crippen LogP contribution in [0.1, 0.15) is 12.8 Å². The van der Waals surface area contributed by atoms with Gasteiger partial charge in [-0.05, 0) is 19.4 Å². The molecule has 0 aromatic carbocycles. The van der Waals surface area contributed by atoms with Gasteiger partial charge in [-0.2, -0.15) is 0 Å². The Bertz CT molecular complexity index is 124. The van der Waals surface area contributed by atoms with Gasteiger partial charge in [-0.15, -0.1) is 12.8 Å². The summed E-state index contributed by atoms with van der Waals surface area (Å²) in [6, 6.07) is 0.0691. The second-order valence-electron chi connectivity index (χ2n) is 2.34. The van der Waals surface area contributed by atoms with E-state index in [1.807, 2.05) is 4.81 Å². The number of rotatable bonds is 3. The van der Waals surface area contributed by atoms with E-state index >= 15 is 0 Å². The van der Waals surface area contributed by atoms with Crippen LogP contribution in [0, 0.1) is 0 Å². The summed E-state index contributed by atoms with van der Waals surface area (Å²) in [5.74, 6) is 0. The molecule has 10 heavy (non-hydrogen) atoms. The van der Waals surface area contributed by atoms with E-state index in [-0.39, 0.29) is 6.04 Å². The van der Waals surface area contributed by atoms with Crippen molar-refractivity contribution >= 4 is 26.7 Å². The van der Waals surface area contributed by atoms with Gasteiger partial charge in [0.1, 0.15) is 6.29 Å². The summed E-state index contributed by atoms with van der Waals surface area (Å²) in [6.45, 7) is 0.955. The Labute approximate surface area is 67.0 Å². The third kappa shape index (κ3) is 1.74. The van der Waals surface area contributed by atoms with Crippen LogP contribution < -0.4 is 4.63 Å². The molecule has 0 saturated carbocycles. The van der Waals surface area contributed by atoms with Gasteiger partial charge in [0.05, 0.1) is 6.04 Å². The van der Waals surface area contributed by atoms with Crippen molar-refractivity contribution in [2.24, 2.45) is 0 Å². The normalized spacial score (nSPS) is 26.7. The van der Waals surface area contributed by atoms with E-state index in [4.69, 9.17) is 0 Å². The number of nitrogens with zero attached hydrogens (tertiary/aromatic N) is 1. The third-order valence-electron chi connectivity index (χ3n) is 1.72. The Hall–Kier alpha value is 0.00494. The van der Waals surface area contributed by atoms with Crippen LogP contribution in [0.2, 0.25) is 0 Å². The summed E-state index contributed by atoms with van der Waals surface area (Å²) in [5, 5.41) is 0. The predicted molar refractivity (Wildman–Crippen MR) is 43.7 cm³/mol. The molecular formula is C5H10BN2OS. The molecule has 0 spiro atoms. The second-order valence-corrected chi connectivity index (χ2v) is 2.60. The Morgan fingerprint density at radius 2 is 2.60 bits per heavy atom. The first-order valence-corrected chi connectivity index (χ1v) is 3.77. The maximum atomic E-state index is 10.4. The van der Waals surface area contributed by atoms with E-state index in [1.165, 1.54) is 0 Å². The molecule has 0 aromatic heterocycles. The molecule has 0 aromatic rings. The van der Waals surface area contributed by atoms with E-state index < -0.39 is 0 Å². The lowest BCUT2D eigenvalue weighted by Crippen LogP contribution is -2.38. The summed E-state index contributed by atoms with van der Waals surface area (Å²) in [7, 11) is 1.73. The molecule has 0 aliphatic carbocycles. The summed E-state index contributed by atoms with van der Waals surface area (Å²) in [4.78, 5) is 12.3. The number of hydrogen-bond donors (Lipinski definition) is 2. The Kier molecular flexibility index (Phi) is 3.25. The molecular weight excluding hydrogens is 147 g/mol. The van der Waals surface area contributed by atoms with Crippen LogP contribution >= 0.6 is 12.8 Å². The molecule has 0 bridgehead atoms. The summed E-state index contributed by atoms with van der Waals surface area (Å²) < 4.78 is 2.61. The van der Waals surface area contributed by atoms with Crippen LogP contribution in [-0.4, -0.2) is 31.2 Å². The Morgan fingerprint density at radius 1 is 1.80 bits per heavy atom. The standard InChI is InChI=1S/C5H10BN2OS/c9-4-5-2-1-3-8(5)6-7-10/h4-5,7,10H,1-3H2/t5-/m0/s1. The van der Waals surface area contributed by atoms with Gasteiger partial charge in [0.15, 0.2) is 0 Å². The lowest BCUT2D eigenvalue weighted by Gasteiger charge is -2.16. The third-order valence-corrected chi connectivity index (χ3v) is 1.84. The zero-order valence-electron chi connectivity index (χ0n) is 5.66. The quantitative estimate of drug-likeness (QED) is 0.332. The Morgan fingerprint density at radius 3 is 3.20 bits per heavy atom. The molecule has 1 rings (SSSR count). The van der Waals surface area contributed by atoms with Crippen molar-refractivity contribution in [1.29, 1.82) is 0 Å². The molecule has 1 saturated heterocycles. The number of nitrogens with one attached hydrogen (secondary N) is 1. The van der Waals surface area contributed by atoms with Crippen molar-refractivity contribution in [3.05, 3.63) is 0 Å². The first-order valence-electron chi connectivity index (χ1n) is 3.32. The smallest absolute Gasteiger partial charge is 0.321 e. The fraction of sp³-hybridized carbons (Fsp3) is 0.800. The van der Waals surface area contributed by atoms with Crippen molar-refractivity contribution in [1.82, 2.24) is 9.44 Å². The highest BCUT2D eigenvalue weighted by atomic mass is 32.1. The first-order chi connectivity index (χ1) is 4.88.